The van der Waals surface area contributed by atoms with Gasteiger partial charge >= 0.3 is 5.69 Å². The molecule has 1 aromatic rings. The van der Waals surface area contributed by atoms with Crippen molar-refractivity contribution in [3.63, 3.8) is 0 Å². The highest BCUT2D eigenvalue weighted by atomic mass is 79.9. The van der Waals surface area contributed by atoms with E-state index in [4.69, 9.17) is 10.7 Å². The second-order valence-corrected chi connectivity index (χ2v) is 6.02. The van der Waals surface area contributed by atoms with Gasteiger partial charge in [0.15, 0.2) is 4.90 Å². The van der Waals surface area contributed by atoms with Crippen LogP contribution in [0.5, 0.6) is 0 Å². The van der Waals surface area contributed by atoms with Gasteiger partial charge in [-0.15, -0.1) is 0 Å². The van der Waals surface area contributed by atoms with Gasteiger partial charge < -0.3 is 0 Å². The average Bonchev–Trinajstić information content (AvgIpc) is 2.14. The zero-order valence-corrected chi connectivity index (χ0v) is 10.8. The largest absolute Gasteiger partial charge is 0.307 e. The summed E-state index contributed by atoms with van der Waals surface area (Å²) in [5.74, 6) is 0. The standard InChI is InChI=1S/C6H2BrClF2N2O4S/c7-2-1-11-3(6(9)10)5(17(8,15)16)4(2)12(13)14/h1,6H. The molecule has 1 rings (SSSR count). The lowest BCUT2D eigenvalue weighted by Crippen LogP contribution is -2.07. The molecule has 0 unspecified atom stereocenters. The summed E-state index contributed by atoms with van der Waals surface area (Å²) >= 11 is 2.65. The molecule has 0 amide bonds. The van der Waals surface area contributed by atoms with Crippen molar-refractivity contribution < 1.29 is 22.1 Å². The first-order chi connectivity index (χ1) is 7.66. The van der Waals surface area contributed by atoms with Crippen LogP contribution >= 0.6 is 26.6 Å². The summed E-state index contributed by atoms with van der Waals surface area (Å²) in [7, 11) is 0.184. The minimum absolute atomic E-state index is 0.355. The Bertz CT molecular complexity index is 580. The highest BCUT2D eigenvalue weighted by Crippen LogP contribution is 2.38. The summed E-state index contributed by atoms with van der Waals surface area (Å²) in [6, 6.07) is 0. The SMILES string of the molecule is O=[N+]([O-])c1c(Br)cnc(C(F)F)c1S(=O)(=O)Cl. The zero-order valence-electron chi connectivity index (χ0n) is 7.60. The molecule has 0 saturated heterocycles. The number of nitrogens with zero attached hydrogens (tertiary/aromatic N) is 2. The molecule has 6 nitrogen and oxygen atoms in total. The molecule has 0 N–H and O–H groups in total. The summed E-state index contributed by atoms with van der Waals surface area (Å²) in [5.41, 5.74) is -2.32. The van der Waals surface area contributed by atoms with Gasteiger partial charge in [0.1, 0.15) is 10.2 Å². The van der Waals surface area contributed by atoms with E-state index >= 15 is 0 Å². The summed E-state index contributed by atoms with van der Waals surface area (Å²) in [4.78, 5) is 11.3. The van der Waals surface area contributed by atoms with Crippen molar-refractivity contribution >= 4 is 41.4 Å². The van der Waals surface area contributed by atoms with Crippen LogP contribution in [-0.4, -0.2) is 18.3 Å². The minimum atomic E-state index is -4.72. The Morgan fingerprint density at radius 3 is 2.41 bits per heavy atom. The fourth-order valence-electron chi connectivity index (χ4n) is 1.04. The molecule has 0 radical (unpaired) electrons. The average molecular weight is 352 g/mol. The molecular weight excluding hydrogens is 349 g/mol. The molecule has 11 heteroatoms. The third-order valence-corrected chi connectivity index (χ3v) is 3.56. The van der Waals surface area contributed by atoms with Crippen LogP contribution in [0.25, 0.3) is 0 Å². The molecule has 0 fully saturated rings. The van der Waals surface area contributed by atoms with Crippen molar-refractivity contribution in [1.29, 1.82) is 0 Å². The highest BCUT2D eigenvalue weighted by molar-refractivity contribution is 9.10. The Kier molecular flexibility index (Phi) is 3.99. The Hall–Kier alpha value is -0.870. The van der Waals surface area contributed by atoms with Gasteiger partial charge in [-0.1, -0.05) is 0 Å². The predicted molar refractivity (Wildman–Crippen MR) is 56.6 cm³/mol. The van der Waals surface area contributed by atoms with E-state index in [0.29, 0.717) is 6.20 Å². The van der Waals surface area contributed by atoms with Gasteiger partial charge in [0, 0.05) is 16.9 Å². The van der Waals surface area contributed by atoms with Crippen LogP contribution in [0.2, 0.25) is 0 Å². The maximum absolute atomic E-state index is 12.5. The number of hydrogen-bond acceptors (Lipinski definition) is 5. The first-order valence-corrected chi connectivity index (χ1v) is 6.82. The van der Waals surface area contributed by atoms with E-state index < -0.39 is 36.7 Å². The summed E-state index contributed by atoms with van der Waals surface area (Å²) in [6.07, 6.45) is -2.59. The van der Waals surface area contributed by atoms with E-state index in [9.17, 15) is 27.3 Å². The first-order valence-electron chi connectivity index (χ1n) is 3.72. The molecule has 0 atom stereocenters. The Labute approximate surface area is 106 Å². The van der Waals surface area contributed by atoms with E-state index in [1.807, 2.05) is 0 Å². The second-order valence-electron chi connectivity index (χ2n) is 2.66. The predicted octanol–water partition coefficient (Wildman–Crippen LogP) is 2.62. The molecule has 1 heterocycles. The van der Waals surface area contributed by atoms with Crippen LogP contribution in [0, 0.1) is 10.1 Å². The molecule has 0 spiro atoms. The maximum atomic E-state index is 12.5. The fourth-order valence-corrected chi connectivity index (χ4v) is 2.88. The number of alkyl halides is 2. The molecule has 0 aromatic carbocycles. The highest BCUT2D eigenvalue weighted by Gasteiger charge is 2.35. The van der Waals surface area contributed by atoms with E-state index in [1.54, 1.807) is 0 Å². The van der Waals surface area contributed by atoms with Crippen molar-refractivity contribution in [2.24, 2.45) is 0 Å². The number of nitro groups is 1. The fraction of sp³-hybridized carbons (Fsp3) is 0.167. The van der Waals surface area contributed by atoms with Gasteiger partial charge in [0.25, 0.3) is 15.5 Å². The lowest BCUT2D eigenvalue weighted by atomic mass is 10.3. The normalized spacial score (nSPS) is 11.8. The topological polar surface area (TPSA) is 90.2 Å². The first kappa shape index (κ1) is 14.2. The van der Waals surface area contributed by atoms with Gasteiger partial charge in [-0.05, 0) is 15.9 Å². The van der Waals surface area contributed by atoms with Crippen molar-refractivity contribution in [3.8, 4) is 0 Å². The second kappa shape index (κ2) is 4.78. The van der Waals surface area contributed by atoms with Crippen LogP contribution in [0.1, 0.15) is 12.1 Å². The van der Waals surface area contributed by atoms with E-state index in [2.05, 4.69) is 20.9 Å². The van der Waals surface area contributed by atoms with Crippen molar-refractivity contribution in [3.05, 3.63) is 26.5 Å². The Balaban J connectivity index is 3.82. The van der Waals surface area contributed by atoms with E-state index in [1.165, 1.54) is 0 Å². The van der Waals surface area contributed by atoms with Gasteiger partial charge in [0.05, 0.1) is 4.92 Å². The number of hydrogen-bond donors (Lipinski definition) is 0. The van der Waals surface area contributed by atoms with Crippen LogP contribution in [-0.2, 0) is 9.05 Å². The van der Waals surface area contributed by atoms with Gasteiger partial charge in [-0.2, -0.15) is 0 Å². The van der Waals surface area contributed by atoms with E-state index in [0.717, 1.165) is 0 Å². The van der Waals surface area contributed by atoms with Gasteiger partial charge in [-0.3, -0.25) is 15.1 Å². The van der Waals surface area contributed by atoms with Crippen molar-refractivity contribution in [2.75, 3.05) is 0 Å². The lowest BCUT2D eigenvalue weighted by Gasteiger charge is -2.06. The molecule has 0 saturated carbocycles. The van der Waals surface area contributed by atoms with E-state index in [-0.39, 0.29) is 4.47 Å². The monoisotopic (exact) mass is 350 g/mol. The molecular formula is C6H2BrClF2N2O4S. The molecule has 0 aliphatic heterocycles. The van der Waals surface area contributed by atoms with Crippen LogP contribution < -0.4 is 0 Å². The third-order valence-electron chi connectivity index (χ3n) is 1.62. The Morgan fingerprint density at radius 1 is 1.53 bits per heavy atom. The maximum Gasteiger partial charge on any atom is 0.307 e. The smallest absolute Gasteiger partial charge is 0.258 e. The molecule has 94 valence electrons. The molecule has 1 aromatic heterocycles. The molecule has 0 aliphatic rings. The lowest BCUT2D eigenvalue weighted by molar-refractivity contribution is -0.388. The van der Waals surface area contributed by atoms with Crippen molar-refractivity contribution in [1.82, 2.24) is 4.98 Å². The van der Waals surface area contributed by atoms with Crippen molar-refractivity contribution in [2.45, 2.75) is 11.3 Å². The summed E-state index contributed by atoms with van der Waals surface area (Å²) in [5, 5.41) is 10.6. The van der Waals surface area contributed by atoms with Crippen LogP contribution in [0.3, 0.4) is 0 Å². The zero-order chi connectivity index (χ0) is 13.4. The minimum Gasteiger partial charge on any atom is -0.258 e. The molecule has 0 aliphatic carbocycles. The van der Waals surface area contributed by atoms with Gasteiger partial charge in [-0.25, -0.2) is 17.2 Å². The third kappa shape index (κ3) is 2.87. The molecule has 17 heavy (non-hydrogen) atoms. The van der Waals surface area contributed by atoms with Gasteiger partial charge in [0.2, 0.25) is 0 Å². The summed E-state index contributed by atoms with van der Waals surface area (Å²) in [6.45, 7) is 0. The summed E-state index contributed by atoms with van der Waals surface area (Å²) < 4.78 is 46.9. The van der Waals surface area contributed by atoms with Crippen LogP contribution in [0.15, 0.2) is 15.6 Å². The number of aromatic nitrogens is 1. The molecule has 0 bridgehead atoms. The quantitative estimate of drug-likeness (QED) is 0.474. The van der Waals surface area contributed by atoms with Crippen LogP contribution in [0.4, 0.5) is 14.5 Å². The number of rotatable bonds is 3. The Morgan fingerprint density at radius 2 is 2.06 bits per heavy atom. The number of halogens is 4. The number of pyridine rings is 1.